The number of hydrogen-bond donors (Lipinski definition) is 1. The summed E-state index contributed by atoms with van der Waals surface area (Å²) in [4.78, 5) is 36.2. The maximum Gasteiger partial charge on any atom is 0.306 e. The standard InChI is InChI=1S/C20H22N2O6S/c23-18-7-4-12-22(18)19(24)14-28-20(25)8-3-11-21-29(26,27)17-10-9-15-5-1-2-6-16(15)13-17/h1-2,5-6,9-10,13,21H,3-4,7-8,11-12,14H2. The van der Waals surface area contributed by atoms with Crippen LogP contribution in [0.25, 0.3) is 10.8 Å². The van der Waals surface area contributed by atoms with Gasteiger partial charge in [-0.05, 0) is 35.7 Å². The van der Waals surface area contributed by atoms with Crippen molar-refractivity contribution in [3.05, 3.63) is 42.5 Å². The monoisotopic (exact) mass is 418 g/mol. The average Bonchev–Trinajstić information content (AvgIpc) is 3.15. The summed E-state index contributed by atoms with van der Waals surface area (Å²) in [6.45, 7) is -0.0675. The lowest BCUT2D eigenvalue weighted by Gasteiger charge is -2.13. The van der Waals surface area contributed by atoms with Crippen molar-refractivity contribution < 1.29 is 27.5 Å². The van der Waals surface area contributed by atoms with Crippen molar-refractivity contribution >= 4 is 38.6 Å². The number of likely N-dealkylation sites (tertiary alicyclic amines) is 1. The zero-order valence-corrected chi connectivity index (χ0v) is 16.6. The van der Waals surface area contributed by atoms with Crippen molar-refractivity contribution in [3.63, 3.8) is 0 Å². The molecule has 2 aromatic rings. The number of rotatable bonds is 8. The van der Waals surface area contributed by atoms with Gasteiger partial charge in [0.2, 0.25) is 15.9 Å². The molecule has 0 atom stereocenters. The van der Waals surface area contributed by atoms with Crippen molar-refractivity contribution in [3.8, 4) is 0 Å². The van der Waals surface area contributed by atoms with Crippen LogP contribution in [0.5, 0.6) is 0 Å². The van der Waals surface area contributed by atoms with E-state index in [2.05, 4.69) is 4.72 Å². The van der Waals surface area contributed by atoms with E-state index in [1.54, 1.807) is 12.1 Å². The van der Waals surface area contributed by atoms with Crippen molar-refractivity contribution in [1.29, 1.82) is 0 Å². The second-order valence-corrected chi connectivity index (χ2v) is 8.48. The Morgan fingerprint density at radius 1 is 1.10 bits per heavy atom. The van der Waals surface area contributed by atoms with Crippen molar-refractivity contribution in [2.45, 2.75) is 30.6 Å². The van der Waals surface area contributed by atoms with Crippen LogP contribution < -0.4 is 4.72 Å². The summed E-state index contributed by atoms with van der Waals surface area (Å²) >= 11 is 0. The minimum Gasteiger partial charge on any atom is -0.456 e. The molecule has 29 heavy (non-hydrogen) atoms. The van der Waals surface area contributed by atoms with Gasteiger partial charge in [-0.3, -0.25) is 19.3 Å². The molecule has 1 fully saturated rings. The lowest BCUT2D eigenvalue weighted by atomic mass is 10.1. The minimum absolute atomic E-state index is 0.0402. The predicted molar refractivity (Wildman–Crippen MR) is 105 cm³/mol. The van der Waals surface area contributed by atoms with Crippen LogP contribution in [-0.4, -0.2) is 50.8 Å². The van der Waals surface area contributed by atoms with Crippen LogP contribution in [-0.2, 0) is 29.1 Å². The van der Waals surface area contributed by atoms with E-state index in [9.17, 15) is 22.8 Å². The number of ether oxygens (including phenoxy) is 1. The second kappa shape index (κ2) is 9.15. The first-order valence-corrected chi connectivity index (χ1v) is 10.8. The van der Waals surface area contributed by atoms with Crippen molar-refractivity contribution in [2.75, 3.05) is 19.7 Å². The third-order valence-corrected chi connectivity index (χ3v) is 6.07. The van der Waals surface area contributed by atoms with Gasteiger partial charge in [-0.15, -0.1) is 0 Å². The summed E-state index contributed by atoms with van der Waals surface area (Å²) < 4.78 is 32.1. The van der Waals surface area contributed by atoms with E-state index in [0.29, 0.717) is 19.4 Å². The van der Waals surface area contributed by atoms with Crippen LogP contribution in [0.2, 0.25) is 0 Å². The van der Waals surface area contributed by atoms with Gasteiger partial charge in [0.05, 0.1) is 4.90 Å². The lowest BCUT2D eigenvalue weighted by molar-refractivity contribution is -0.154. The molecule has 0 unspecified atom stereocenters. The molecular formula is C20H22N2O6S. The van der Waals surface area contributed by atoms with Gasteiger partial charge in [0.25, 0.3) is 5.91 Å². The average molecular weight is 418 g/mol. The first kappa shape index (κ1) is 20.9. The SMILES string of the molecule is O=C(CCCNS(=O)(=O)c1ccc2ccccc2c1)OCC(=O)N1CCCC1=O. The molecule has 0 saturated carbocycles. The maximum atomic E-state index is 12.4. The van der Waals surface area contributed by atoms with E-state index < -0.39 is 28.5 Å². The third kappa shape index (κ3) is 5.39. The highest BCUT2D eigenvalue weighted by molar-refractivity contribution is 7.89. The molecule has 0 spiro atoms. The Balaban J connectivity index is 1.42. The molecule has 2 amide bonds. The molecule has 2 aromatic carbocycles. The maximum absolute atomic E-state index is 12.4. The highest BCUT2D eigenvalue weighted by Gasteiger charge is 2.26. The number of nitrogens with one attached hydrogen (secondary N) is 1. The summed E-state index contributed by atoms with van der Waals surface area (Å²) in [6, 6.07) is 12.3. The van der Waals surface area contributed by atoms with E-state index >= 15 is 0 Å². The Morgan fingerprint density at radius 3 is 2.59 bits per heavy atom. The molecule has 1 aliphatic rings. The van der Waals surface area contributed by atoms with Crippen LogP contribution in [0.1, 0.15) is 25.7 Å². The molecule has 8 nitrogen and oxygen atoms in total. The minimum atomic E-state index is -3.69. The smallest absolute Gasteiger partial charge is 0.306 e. The number of fused-ring (bicyclic) bond motifs is 1. The summed E-state index contributed by atoms with van der Waals surface area (Å²) in [7, 11) is -3.69. The molecule has 9 heteroatoms. The predicted octanol–water partition coefficient (Wildman–Crippen LogP) is 1.59. The number of sulfonamides is 1. The Bertz CT molecular complexity index is 1030. The Kier molecular flexibility index (Phi) is 6.60. The largest absolute Gasteiger partial charge is 0.456 e. The normalized spacial score (nSPS) is 14.3. The third-order valence-electron chi connectivity index (χ3n) is 4.61. The zero-order valence-electron chi connectivity index (χ0n) is 15.8. The van der Waals surface area contributed by atoms with E-state index in [1.165, 1.54) is 6.07 Å². The quantitative estimate of drug-likeness (QED) is 0.515. The molecule has 0 bridgehead atoms. The van der Waals surface area contributed by atoms with Gasteiger partial charge in [0.15, 0.2) is 6.61 Å². The van der Waals surface area contributed by atoms with E-state index in [4.69, 9.17) is 4.74 Å². The number of hydrogen-bond acceptors (Lipinski definition) is 6. The highest BCUT2D eigenvalue weighted by atomic mass is 32.2. The summed E-state index contributed by atoms with van der Waals surface area (Å²) in [5.74, 6) is -1.40. The Morgan fingerprint density at radius 2 is 1.86 bits per heavy atom. The fourth-order valence-corrected chi connectivity index (χ4v) is 4.17. The molecular weight excluding hydrogens is 396 g/mol. The summed E-state index contributed by atoms with van der Waals surface area (Å²) in [5, 5.41) is 1.76. The molecule has 1 heterocycles. The summed E-state index contributed by atoms with van der Waals surface area (Å²) in [6.07, 6.45) is 1.14. The van der Waals surface area contributed by atoms with Crippen molar-refractivity contribution in [1.82, 2.24) is 9.62 Å². The molecule has 154 valence electrons. The van der Waals surface area contributed by atoms with Gasteiger partial charge in [-0.1, -0.05) is 30.3 Å². The molecule has 0 aromatic heterocycles. The second-order valence-electron chi connectivity index (χ2n) is 6.71. The van der Waals surface area contributed by atoms with Crippen LogP contribution in [0, 0.1) is 0 Å². The number of benzene rings is 2. The van der Waals surface area contributed by atoms with Crippen LogP contribution in [0.4, 0.5) is 0 Å². The zero-order chi connectivity index (χ0) is 20.9. The van der Waals surface area contributed by atoms with Gasteiger partial charge in [0.1, 0.15) is 0 Å². The lowest BCUT2D eigenvalue weighted by Crippen LogP contribution is -2.35. The molecule has 1 aliphatic heterocycles. The molecule has 1 saturated heterocycles. The summed E-state index contributed by atoms with van der Waals surface area (Å²) in [5.41, 5.74) is 0. The Hall–Kier alpha value is -2.78. The van der Waals surface area contributed by atoms with E-state index in [1.807, 2.05) is 24.3 Å². The van der Waals surface area contributed by atoms with Crippen molar-refractivity contribution in [2.24, 2.45) is 0 Å². The van der Waals surface area contributed by atoms with Gasteiger partial charge in [0, 0.05) is 25.9 Å². The number of nitrogens with zero attached hydrogens (tertiary/aromatic N) is 1. The molecule has 0 aliphatic carbocycles. The molecule has 1 N–H and O–H groups in total. The number of imide groups is 1. The van der Waals surface area contributed by atoms with E-state index in [-0.39, 0.29) is 30.2 Å². The fraction of sp³-hybridized carbons (Fsp3) is 0.350. The first-order valence-electron chi connectivity index (χ1n) is 9.34. The number of carbonyl (C=O) groups is 3. The Labute approximate surface area is 168 Å². The number of carbonyl (C=O) groups excluding carboxylic acids is 3. The topological polar surface area (TPSA) is 110 Å². The van der Waals surface area contributed by atoms with E-state index in [0.717, 1.165) is 15.7 Å². The number of amides is 2. The fourth-order valence-electron chi connectivity index (χ4n) is 3.06. The van der Waals surface area contributed by atoms with Gasteiger partial charge in [-0.25, -0.2) is 13.1 Å². The molecule has 0 radical (unpaired) electrons. The van der Waals surface area contributed by atoms with Gasteiger partial charge < -0.3 is 4.74 Å². The highest BCUT2D eigenvalue weighted by Crippen LogP contribution is 2.18. The van der Waals surface area contributed by atoms with Crippen LogP contribution >= 0.6 is 0 Å². The van der Waals surface area contributed by atoms with Crippen LogP contribution in [0.15, 0.2) is 47.4 Å². The molecule has 3 rings (SSSR count). The number of esters is 1. The van der Waals surface area contributed by atoms with Crippen LogP contribution in [0.3, 0.4) is 0 Å². The van der Waals surface area contributed by atoms with Gasteiger partial charge >= 0.3 is 5.97 Å². The van der Waals surface area contributed by atoms with Gasteiger partial charge in [-0.2, -0.15) is 0 Å². The first-order chi connectivity index (χ1) is 13.9.